The maximum absolute atomic E-state index is 11.2. The number of carboxylic acid groups (broad SMARTS) is 1. The molecule has 0 aliphatic carbocycles. The fraction of sp³-hybridized carbons (Fsp3) is 0.364. The predicted octanol–water partition coefficient (Wildman–Crippen LogP) is 1.20. The van der Waals surface area contributed by atoms with Crippen LogP contribution < -0.4 is 9.39 Å². The predicted molar refractivity (Wildman–Crippen MR) is 61.7 cm³/mol. The number of carboxylic acids is 1. The summed E-state index contributed by atoms with van der Waals surface area (Å²) in [6, 6.07) is 3.41. The first-order valence-electron chi connectivity index (χ1n) is 5.50. The Hall–Kier alpha value is -1.69. The number of ether oxygens (including phenoxy) is 1. The molecule has 2 rings (SSSR count). The van der Waals surface area contributed by atoms with Crippen molar-refractivity contribution in [1.29, 1.82) is 0 Å². The molecule has 1 aliphatic rings. The highest BCUT2D eigenvalue weighted by Gasteiger charge is 2.29. The summed E-state index contributed by atoms with van der Waals surface area (Å²) >= 11 is 0. The van der Waals surface area contributed by atoms with Crippen LogP contribution in [0.15, 0.2) is 12.1 Å². The lowest BCUT2D eigenvalue weighted by Gasteiger charge is -2.22. The van der Waals surface area contributed by atoms with Crippen LogP contribution in [0.2, 0.25) is 6.32 Å². The Bertz CT molecular complexity index is 446. The van der Waals surface area contributed by atoms with Gasteiger partial charge in [-0.05, 0) is 31.3 Å². The van der Waals surface area contributed by atoms with Crippen LogP contribution in [0.3, 0.4) is 0 Å². The number of carbonyl (C=O) groups is 1. The SMILES string of the molecule is CCOc1ccc2c(c1C(=O)O)OB(O)CC2. The van der Waals surface area contributed by atoms with Gasteiger partial charge in [0, 0.05) is 0 Å². The second-order valence-corrected chi connectivity index (χ2v) is 3.78. The van der Waals surface area contributed by atoms with Gasteiger partial charge in [-0.2, -0.15) is 0 Å². The highest BCUT2D eigenvalue weighted by atomic mass is 16.5. The van der Waals surface area contributed by atoms with Gasteiger partial charge in [0.2, 0.25) is 0 Å². The van der Waals surface area contributed by atoms with Crippen molar-refractivity contribution in [3.8, 4) is 11.5 Å². The van der Waals surface area contributed by atoms with E-state index in [-0.39, 0.29) is 17.1 Å². The molecule has 0 atom stereocenters. The largest absolute Gasteiger partial charge is 0.535 e. The van der Waals surface area contributed by atoms with Crippen molar-refractivity contribution in [2.45, 2.75) is 19.7 Å². The summed E-state index contributed by atoms with van der Waals surface area (Å²) in [6.45, 7) is 2.16. The average Bonchev–Trinajstić information content (AvgIpc) is 2.28. The zero-order valence-corrected chi connectivity index (χ0v) is 9.47. The first-order chi connectivity index (χ1) is 8.13. The second kappa shape index (κ2) is 4.67. The zero-order valence-electron chi connectivity index (χ0n) is 9.47. The van der Waals surface area contributed by atoms with Gasteiger partial charge in [-0.15, -0.1) is 0 Å². The van der Waals surface area contributed by atoms with Crippen LogP contribution >= 0.6 is 0 Å². The van der Waals surface area contributed by atoms with Crippen molar-refractivity contribution in [1.82, 2.24) is 0 Å². The molecule has 0 fully saturated rings. The molecule has 0 saturated heterocycles. The third-order valence-corrected chi connectivity index (χ3v) is 2.63. The Morgan fingerprint density at radius 3 is 3.00 bits per heavy atom. The van der Waals surface area contributed by atoms with Gasteiger partial charge in [-0.3, -0.25) is 0 Å². The minimum Gasteiger partial charge on any atom is -0.535 e. The summed E-state index contributed by atoms with van der Waals surface area (Å²) in [4.78, 5) is 11.2. The van der Waals surface area contributed by atoms with Crippen LogP contribution in [0.5, 0.6) is 11.5 Å². The molecule has 0 amide bonds. The number of aromatic carboxylic acids is 1. The van der Waals surface area contributed by atoms with Gasteiger partial charge in [0.1, 0.15) is 17.1 Å². The highest BCUT2D eigenvalue weighted by molar-refractivity contribution is 6.44. The summed E-state index contributed by atoms with van der Waals surface area (Å²) in [7, 11) is -0.947. The molecule has 1 aromatic carbocycles. The molecule has 1 aliphatic heterocycles. The lowest BCUT2D eigenvalue weighted by atomic mass is 9.78. The summed E-state index contributed by atoms with van der Waals surface area (Å²) in [5.74, 6) is -0.616. The fourth-order valence-corrected chi connectivity index (χ4v) is 1.89. The van der Waals surface area contributed by atoms with Gasteiger partial charge in [-0.1, -0.05) is 6.07 Å². The molecule has 0 spiro atoms. The quantitative estimate of drug-likeness (QED) is 0.771. The van der Waals surface area contributed by atoms with E-state index in [1.165, 1.54) is 0 Å². The highest BCUT2D eigenvalue weighted by Crippen LogP contribution is 2.36. The van der Waals surface area contributed by atoms with E-state index in [1.807, 2.05) is 0 Å². The van der Waals surface area contributed by atoms with E-state index in [4.69, 9.17) is 9.39 Å². The molecule has 0 saturated carbocycles. The van der Waals surface area contributed by atoms with E-state index in [1.54, 1.807) is 19.1 Å². The fourth-order valence-electron chi connectivity index (χ4n) is 1.89. The molecule has 0 aromatic heterocycles. The normalized spacial score (nSPS) is 13.9. The van der Waals surface area contributed by atoms with E-state index >= 15 is 0 Å². The molecular formula is C11H13BO5. The van der Waals surface area contributed by atoms with E-state index in [2.05, 4.69) is 0 Å². The second-order valence-electron chi connectivity index (χ2n) is 3.78. The molecule has 0 radical (unpaired) electrons. The van der Waals surface area contributed by atoms with Gasteiger partial charge in [0.15, 0.2) is 0 Å². The number of fused-ring (bicyclic) bond motifs is 1. The van der Waals surface area contributed by atoms with E-state index in [9.17, 15) is 14.9 Å². The van der Waals surface area contributed by atoms with Crippen LogP contribution in [-0.4, -0.2) is 29.8 Å². The molecule has 5 nitrogen and oxygen atoms in total. The summed E-state index contributed by atoms with van der Waals surface area (Å²) in [5.41, 5.74) is 0.777. The van der Waals surface area contributed by atoms with Crippen LogP contribution in [-0.2, 0) is 6.42 Å². The Morgan fingerprint density at radius 2 is 2.35 bits per heavy atom. The van der Waals surface area contributed by atoms with Crippen LogP contribution in [0, 0.1) is 0 Å². The third kappa shape index (κ3) is 2.21. The third-order valence-electron chi connectivity index (χ3n) is 2.63. The van der Waals surface area contributed by atoms with Gasteiger partial charge < -0.3 is 19.5 Å². The minimum atomic E-state index is -1.11. The van der Waals surface area contributed by atoms with Crippen LogP contribution in [0.4, 0.5) is 0 Å². The lowest BCUT2D eigenvalue weighted by Crippen LogP contribution is -2.28. The molecule has 0 bridgehead atoms. The number of hydrogen-bond acceptors (Lipinski definition) is 4. The molecule has 0 unspecified atom stereocenters. The Labute approximate surface area is 99.1 Å². The standard InChI is InChI=1S/C11H13BO5/c1-2-16-8-4-3-7-5-6-12(15)17-10(7)9(8)11(13)14/h3-4,15H,2,5-6H2,1H3,(H,13,14). The molecule has 90 valence electrons. The van der Waals surface area contributed by atoms with Crippen molar-refractivity contribution in [3.63, 3.8) is 0 Å². The maximum atomic E-state index is 11.2. The van der Waals surface area contributed by atoms with Gasteiger partial charge >= 0.3 is 13.1 Å². The smallest absolute Gasteiger partial charge is 0.522 e. The first kappa shape index (κ1) is 11.8. The van der Waals surface area contributed by atoms with Crippen molar-refractivity contribution in [2.24, 2.45) is 0 Å². The summed E-state index contributed by atoms with van der Waals surface area (Å²) < 4.78 is 10.5. The molecule has 1 heterocycles. The number of hydrogen-bond donors (Lipinski definition) is 2. The number of benzene rings is 1. The van der Waals surface area contributed by atoms with E-state index < -0.39 is 13.1 Å². The van der Waals surface area contributed by atoms with E-state index in [0.717, 1.165) is 5.56 Å². The maximum Gasteiger partial charge on any atom is 0.522 e. The monoisotopic (exact) mass is 236 g/mol. The van der Waals surface area contributed by atoms with Crippen molar-refractivity contribution < 1.29 is 24.3 Å². The molecule has 17 heavy (non-hydrogen) atoms. The van der Waals surface area contributed by atoms with E-state index in [0.29, 0.717) is 19.3 Å². The molecule has 2 N–H and O–H groups in total. The summed E-state index contributed by atoms with van der Waals surface area (Å²) in [5, 5.41) is 18.6. The van der Waals surface area contributed by atoms with Gasteiger partial charge in [0.05, 0.1) is 6.61 Å². The van der Waals surface area contributed by atoms with Crippen LogP contribution in [0.1, 0.15) is 22.8 Å². The van der Waals surface area contributed by atoms with Gasteiger partial charge in [-0.25, -0.2) is 4.79 Å². The Morgan fingerprint density at radius 1 is 1.59 bits per heavy atom. The van der Waals surface area contributed by atoms with Crippen molar-refractivity contribution >= 4 is 13.1 Å². The summed E-state index contributed by atoms with van der Waals surface area (Å²) in [6.07, 6.45) is 1.07. The number of rotatable bonds is 3. The Balaban J connectivity index is 2.52. The zero-order chi connectivity index (χ0) is 12.4. The topological polar surface area (TPSA) is 76.0 Å². The molecule has 1 aromatic rings. The number of aryl methyl sites for hydroxylation is 1. The van der Waals surface area contributed by atoms with Crippen LogP contribution in [0.25, 0.3) is 0 Å². The first-order valence-corrected chi connectivity index (χ1v) is 5.50. The van der Waals surface area contributed by atoms with Gasteiger partial charge in [0.25, 0.3) is 0 Å². The van der Waals surface area contributed by atoms with Crippen molar-refractivity contribution in [2.75, 3.05) is 6.61 Å². The molecule has 6 heteroatoms. The minimum absolute atomic E-state index is 0.0110. The Kier molecular flexibility index (Phi) is 3.24. The average molecular weight is 236 g/mol. The van der Waals surface area contributed by atoms with Crippen molar-refractivity contribution in [3.05, 3.63) is 23.3 Å². The lowest BCUT2D eigenvalue weighted by molar-refractivity contribution is 0.0689. The molecular weight excluding hydrogens is 223 g/mol.